The molecule has 3 heterocycles. The van der Waals surface area contributed by atoms with Crippen LogP contribution in [0, 0.1) is 0 Å². The third-order valence-corrected chi connectivity index (χ3v) is 4.29. The zero-order chi connectivity index (χ0) is 12.4. The van der Waals surface area contributed by atoms with Crippen LogP contribution >= 0.6 is 0 Å². The zero-order valence-corrected chi connectivity index (χ0v) is 10.9. The van der Waals surface area contributed by atoms with Crippen LogP contribution in [0.4, 0.5) is 5.69 Å². The highest BCUT2D eigenvalue weighted by molar-refractivity contribution is 5.52. The monoisotopic (exact) mass is 246 g/mol. The van der Waals surface area contributed by atoms with E-state index < -0.39 is 0 Å². The number of fused-ring (bicyclic) bond motifs is 1. The molecule has 1 atom stereocenters. The van der Waals surface area contributed by atoms with E-state index in [1.807, 2.05) is 18.5 Å². The van der Waals surface area contributed by atoms with Gasteiger partial charge in [0.05, 0.1) is 11.9 Å². The Balaban J connectivity index is 1.77. The third kappa shape index (κ3) is 2.22. The summed E-state index contributed by atoms with van der Waals surface area (Å²) >= 11 is 0. The van der Waals surface area contributed by atoms with Gasteiger partial charge in [-0.2, -0.15) is 0 Å². The van der Waals surface area contributed by atoms with E-state index in [2.05, 4.69) is 14.8 Å². The van der Waals surface area contributed by atoms with Crippen LogP contribution in [0.25, 0.3) is 0 Å². The van der Waals surface area contributed by atoms with Crippen molar-refractivity contribution in [2.24, 2.45) is 5.73 Å². The molecule has 2 aliphatic rings. The zero-order valence-electron chi connectivity index (χ0n) is 10.9. The summed E-state index contributed by atoms with van der Waals surface area (Å²) in [5, 5.41) is 0. The summed E-state index contributed by atoms with van der Waals surface area (Å²) in [6, 6.07) is 2.78. The summed E-state index contributed by atoms with van der Waals surface area (Å²) in [6.07, 6.45) is 7.90. The SMILES string of the molecule is NCc1ccncc1N1CCN2CCCCC2C1. The lowest BCUT2D eigenvalue weighted by molar-refractivity contribution is 0.133. The summed E-state index contributed by atoms with van der Waals surface area (Å²) in [5.41, 5.74) is 8.28. The maximum absolute atomic E-state index is 5.82. The van der Waals surface area contributed by atoms with Gasteiger partial charge in [-0.15, -0.1) is 0 Å². The molecule has 4 heteroatoms. The van der Waals surface area contributed by atoms with Crippen molar-refractivity contribution in [1.82, 2.24) is 9.88 Å². The number of aromatic nitrogens is 1. The molecule has 2 aliphatic heterocycles. The van der Waals surface area contributed by atoms with Crippen molar-refractivity contribution in [2.45, 2.75) is 31.8 Å². The lowest BCUT2D eigenvalue weighted by atomic mass is 9.99. The maximum Gasteiger partial charge on any atom is 0.0599 e. The summed E-state index contributed by atoms with van der Waals surface area (Å²) in [6.45, 7) is 5.31. The molecular weight excluding hydrogens is 224 g/mol. The minimum atomic E-state index is 0.600. The lowest BCUT2D eigenvalue weighted by Gasteiger charge is -2.45. The summed E-state index contributed by atoms with van der Waals surface area (Å²) < 4.78 is 0. The molecule has 0 amide bonds. The molecule has 2 fully saturated rings. The minimum Gasteiger partial charge on any atom is -0.367 e. The summed E-state index contributed by atoms with van der Waals surface area (Å²) in [4.78, 5) is 9.39. The normalized spacial score (nSPS) is 24.9. The number of nitrogens with zero attached hydrogens (tertiary/aromatic N) is 3. The maximum atomic E-state index is 5.82. The molecule has 98 valence electrons. The van der Waals surface area contributed by atoms with Crippen LogP contribution in [0.3, 0.4) is 0 Å². The summed E-state index contributed by atoms with van der Waals surface area (Å²) in [7, 11) is 0. The van der Waals surface area contributed by atoms with E-state index in [-0.39, 0.29) is 0 Å². The van der Waals surface area contributed by atoms with Gasteiger partial charge in [0.2, 0.25) is 0 Å². The number of nitrogens with two attached hydrogens (primary N) is 1. The highest BCUT2D eigenvalue weighted by Crippen LogP contribution is 2.26. The van der Waals surface area contributed by atoms with Crippen LogP contribution in [-0.4, -0.2) is 42.1 Å². The van der Waals surface area contributed by atoms with Gasteiger partial charge in [-0.1, -0.05) is 6.42 Å². The molecule has 3 rings (SSSR count). The van der Waals surface area contributed by atoms with Gasteiger partial charge in [0.1, 0.15) is 0 Å². The molecule has 0 aliphatic carbocycles. The summed E-state index contributed by atoms with van der Waals surface area (Å²) in [5.74, 6) is 0. The van der Waals surface area contributed by atoms with Crippen LogP contribution < -0.4 is 10.6 Å². The average Bonchev–Trinajstić information content (AvgIpc) is 2.46. The largest absolute Gasteiger partial charge is 0.367 e. The fraction of sp³-hybridized carbons (Fsp3) is 0.643. The Hall–Kier alpha value is -1.13. The highest BCUT2D eigenvalue weighted by Gasteiger charge is 2.29. The smallest absolute Gasteiger partial charge is 0.0599 e. The number of piperazine rings is 1. The van der Waals surface area contributed by atoms with Crippen molar-refractivity contribution in [2.75, 3.05) is 31.1 Å². The molecule has 2 N–H and O–H groups in total. The van der Waals surface area contributed by atoms with Crippen LogP contribution in [0.2, 0.25) is 0 Å². The second kappa shape index (κ2) is 5.24. The Labute approximate surface area is 109 Å². The predicted octanol–water partition coefficient (Wildman–Crippen LogP) is 1.21. The van der Waals surface area contributed by atoms with Crippen molar-refractivity contribution in [3.8, 4) is 0 Å². The molecule has 1 aromatic rings. The van der Waals surface area contributed by atoms with Gasteiger partial charge < -0.3 is 10.6 Å². The van der Waals surface area contributed by atoms with Crippen LogP contribution in [0.15, 0.2) is 18.5 Å². The quantitative estimate of drug-likeness (QED) is 0.852. The number of anilines is 1. The van der Waals surface area contributed by atoms with Crippen molar-refractivity contribution in [3.05, 3.63) is 24.0 Å². The molecule has 0 spiro atoms. The van der Waals surface area contributed by atoms with Crippen molar-refractivity contribution >= 4 is 5.69 Å². The van der Waals surface area contributed by atoms with Crippen molar-refractivity contribution in [1.29, 1.82) is 0 Å². The first kappa shape index (κ1) is 11.9. The van der Waals surface area contributed by atoms with Gasteiger partial charge in [0.25, 0.3) is 0 Å². The number of pyridine rings is 1. The lowest BCUT2D eigenvalue weighted by Crippen LogP contribution is -2.55. The first-order valence-corrected chi connectivity index (χ1v) is 7.00. The molecule has 18 heavy (non-hydrogen) atoms. The molecule has 0 radical (unpaired) electrons. The van der Waals surface area contributed by atoms with Crippen molar-refractivity contribution < 1.29 is 0 Å². The molecule has 0 saturated carbocycles. The highest BCUT2D eigenvalue weighted by atomic mass is 15.3. The van der Waals surface area contributed by atoms with Gasteiger partial charge in [-0.25, -0.2) is 0 Å². The van der Waals surface area contributed by atoms with Gasteiger partial charge in [-0.05, 0) is 31.0 Å². The van der Waals surface area contributed by atoms with Gasteiger partial charge in [-0.3, -0.25) is 9.88 Å². The molecular formula is C14H22N4. The molecule has 0 aromatic carbocycles. The second-order valence-corrected chi connectivity index (χ2v) is 5.34. The Morgan fingerprint density at radius 3 is 3.11 bits per heavy atom. The number of hydrogen-bond acceptors (Lipinski definition) is 4. The van der Waals surface area contributed by atoms with Crippen LogP contribution in [-0.2, 0) is 6.54 Å². The van der Waals surface area contributed by atoms with Crippen LogP contribution in [0.1, 0.15) is 24.8 Å². The molecule has 1 aromatic heterocycles. The number of hydrogen-bond donors (Lipinski definition) is 1. The topological polar surface area (TPSA) is 45.4 Å². The Morgan fingerprint density at radius 1 is 1.28 bits per heavy atom. The van der Waals surface area contributed by atoms with E-state index in [1.165, 1.54) is 43.6 Å². The van der Waals surface area contributed by atoms with E-state index in [4.69, 9.17) is 5.73 Å². The second-order valence-electron chi connectivity index (χ2n) is 5.34. The standard InChI is InChI=1S/C14H22N4/c15-9-12-4-5-16-10-14(12)18-8-7-17-6-2-1-3-13(17)11-18/h4-5,10,13H,1-3,6-9,11,15H2. The van der Waals surface area contributed by atoms with E-state index >= 15 is 0 Å². The number of rotatable bonds is 2. The Morgan fingerprint density at radius 2 is 2.22 bits per heavy atom. The average molecular weight is 246 g/mol. The van der Waals surface area contributed by atoms with Gasteiger partial charge in [0, 0.05) is 38.4 Å². The molecule has 4 nitrogen and oxygen atoms in total. The van der Waals surface area contributed by atoms with E-state index in [9.17, 15) is 0 Å². The Kier molecular flexibility index (Phi) is 3.48. The van der Waals surface area contributed by atoms with Crippen LogP contribution in [0.5, 0.6) is 0 Å². The van der Waals surface area contributed by atoms with E-state index in [0.717, 1.165) is 19.1 Å². The molecule has 1 unspecified atom stereocenters. The minimum absolute atomic E-state index is 0.600. The van der Waals surface area contributed by atoms with Crippen molar-refractivity contribution in [3.63, 3.8) is 0 Å². The van der Waals surface area contributed by atoms with E-state index in [0.29, 0.717) is 6.54 Å². The predicted molar refractivity (Wildman–Crippen MR) is 73.6 cm³/mol. The first-order valence-electron chi connectivity index (χ1n) is 7.00. The van der Waals surface area contributed by atoms with E-state index in [1.54, 1.807) is 0 Å². The van der Waals surface area contributed by atoms with Gasteiger partial charge >= 0.3 is 0 Å². The fourth-order valence-corrected chi connectivity index (χ4v) is 3.25. The Bertz CT molecular complexity index is 407. The first-order chi connectivity index (χ1) is 8.88. The third-order valence-electron chi connectivity index (χ3n) is 4.29. The van der Waals surface area contributed by atoms with Gasteiger partial charge in [0.15, 0.2) is 0 Å². The number of piperidine rings is 1. The fourth-order valence-electron chi connectivity index (χ4n) is 3.25. The molecule has 0 bridgehead atoms. The molecule has 2 saturated heterocycles.